The van der Waals surface area contributed by atoms with Crippen molar-refractivity contribution in [1.82, 2.24) is 9.55 Å². The first-order valence-corrected chi connectivity index (χ1v) is 11.3. The molecule has 32 heavy (non-hydrogen) atoms. The van der Waals surface area contributed by atoms with Gasteiger partial charge >= 0.3 is 11.7 Å². The first-order valence-electron chi connectivity index (χ1n) is 9.74. The van der Waals surface area contributed by atoms with Crippen LogP contribution in [0.15, 0.2) is 47.4 Å². The maximum absolute atomic E-state index is 12.1. The Morgan fingerprint density at radius 1 is 1.25 bits per heavy atom. The molecule has 0 amide bonds. The Hall–Kier alpha value is -3.51. The summed E-state index contributed by atoms with van der Waals surface area (Å²) in [5.74, 6) is -0.346. The number of carbonyl (C=O) groups is 1. The molecule has 11 nitrogen and oxygen atoms in total. The molecule has 0 spiro atoms. The monoisotopic (exact) mass is 462 g/mol. The van der Waals surface area contributed by atoms with Gasteiger partial charge in [0.2, 0.25) is 10.0 Å². The molecule has 3 aromatic rings. The molecule has 1 heterocycles. The van der Waals surface area contributed by atoms with Crippen LogP contribution in [0, 0.1) is 10.1 Å². The summed E-state index contributed by atoms with van der Waals surface area (Å²) in [5, 5.41) is 16.2. The molecule has 0 radical (unpaired) electrons. The van der Waals surface area contributed by atoms with E-state index >= 15 is 0 Å². The number of fused-ring (bicyclic) bond motifs is 1. The molecule has 0 bridgehead atoms. The fourth-order valence-electron chi connectivity index (χ4n) is 3.07. The standard InChI is InChI=1S/C20H22N4O7S/c1-2-3-10-23-16-9-8-14(32(21,28)29)11-15(16)22-19(23)12-31-20(25)13-30-18-7-5-4-6-17(18)24(26)27/h4-9,11H,2-3,10,12-13H2,1H3,(H2,21,28,29). The van der Waals surface area contributed by atoms with Crippen LogP contribution < -0.4 is 9.88 Å². The van der Waals surface area contributed by atoms with Crippen molar-refractivity contribution in [1.29, 1.82) is 0 Å². The predicted molar refractivity (Wildman–Crippen MR) is 114 cm³/mol. The second kappa shape index (κ2) is 9.75. The molecule has 0 fully saturated rings. The number of hydrogen-bond donors (Lipinski definition) is 1. The summed E-state index contributed by atoms with van der Waals surface area (Å²) in [5.41, 5.74) is 0.843. The van der Waals surface area contributed by atoms with Crippen LogP contribution in [0.1, 0.15) is 25.6 Å². The molecule has 0 unspecified atom stereocenters. The van der Waals surface area contributed by atoms with Crippen molar-refractivity contribution in [2.24, 2.45) is 5.14 Å². The number of hydrogen-bond acceptors (Lipinski definition) is 8. The van der Waals surface area contributed by atoms with Gasteiger partial charge in [0.15, 0.2) is 12.4 Å². The Kier molecular flexibility index (Phi) is 7.05. The van der Waals surface area contributed by atoms with E-state index in [-0.39, 0.29) is 22.9 Å². The second-order valence-electron chi connectivity index (χ2n) is 6.90. The Morgan fingerprint density at radius 3 is 2.69 bits per heavy atom. The normalized spacial score (nSPS) is 11.4. The van der Waals surface area contributed by atoms with E-state index in [1.165, 1.54) is 30.3 Å². The van der Waals surface area contributed by atoms with Crippen molar-refractivity contribution in [3.63, 3.8) is 0 Å². The molecule has 0 aliphatic carbocycles. The third-order valence-corrected chi connectivity index (χ3v) is 5.54. The smallest absolute Gasteiger partial charge is 0.344 e. The van der Waals surface area contributed by atoms with E-state index in [9.17, 15) is 23.3 Å². The fourth-order valence-corrected chi connectivity index (χ4v) is 3.60. The molecule has 0 atom stereocenters. The third-order valence-electron chi connectivity index (χ3n) is 4.63. The number of nitro benzene ring substituents is 1. The number of nitro groups is 1. The number of nitrogens with zero attached hydrogens (tertiary/aromatic N) is 3. The highest BCUT2D eigenvalue weighted by Crippen LogP contribution is 2.26. The second-order valence-corrected chi connectivity index (χ2v) is 8.46. The molecule has 2 aromatic carbocycles. The van der Waals surface area contributed by atoms with E-state index in [1.54, 1.807) is 12.1 Å². The highest BCUT2D eigenvalue weighted by atomic mass is 32.2. The van der Waals surface area contributed by atoms with Crippen LogP contribution in [0.25, 0.3) is 11.0 Å². The molecule has 2 N–H and O–H groups in total. The highest BCUT2D eigenvalue weighted by Gasteiger charge is 2.18. The van der Waals surface area contributed by atoms with Crippen molar-refractivity contribution in [2.45, 2.75) is 37.8 Å². The zero-order valence-corrected chi connectivity index (χ0v) is 18.1. The van der Waals surface area contributed by atoms with Gasteiger partial charge in [-0.3, -0.25) is 10.1 Å². The zero-order chi connectivity index (χ0) is 23.3. The zero-order valence-electron chi connectivity index (χ0n) is 17.3. The molecule has 12 heteroatoms. The number of esters is 1. The lowest BCUT2D eigenvalue weighted by Crippen LogP contribution is -2.17. The summed E-state index contributed by atoms with van der Waals surface area (Å²) in [7, 11) is -3.88. The summed E-state index contributed by atoms with van der Waals surface area (Å²) < 4.78 is 35.6. The van der Waals surface area contributed by atoms with E-state index in [0.717, 1.165) is 12.8 Å². The number of primary sulfonamides is 1. The lowest BCUT2D eigenvalue weighted by Gasteiger charge is -2.10. The lowest BCUT2D eigenvalue weighted by atomic mass is 10.3. The SMILES string of the molecule is CCCCn1c(COC(=O)COc2ccccc2[N+](=O)[O-])nc2cc(S(N)(=O)=O)ccc21. The van der Waals surface area contributed by atoms with Gasteiger partial charge in [-0.25, -0.2) is 23.3 Å². The molecule has 0 saturated heterocycles. The number of unbranched alkanes of at least 4 members (excludes halogenated alkanes) is 1. The van der Waals surface area contributed by atoms with Gasteiger partial charge in [0.1, 0.15) is 12.4 Å². The molecule has 0 aliphatic heterocycles. The van der Waals surface area contributed by atoms with Crippen molar-refractivity contribution >= 4 is 32.7 Å². The van der Waals surface area contributed by atoms with E-state index < -0.39 is 27.5 Å². The maximum Gasteiger partial charge on any atom is 0.344 e. The average Bonchev–Trinajstić information content (AvgIpc) is 3.10. The van der Waals surface area contributed by atoms with Gasteiger partial charge in [0, 0.05) is 12.6 Å². The molecule has 0 saturated carbocycles. The van der Waals surface area contributed by atoms with Crippen molar-refractivity contribution < 1.29 is 27.6 Å². The Labute approximate surface area is 184 Å². The van der Waals surface area contributed by atoms with Gasteiger partial charge < -0.3 is 14.0 Å². The van der Waals surface area contributed by atoms with Crippen LogP contribution in [0.4, 0.5) is 5.69 Å². The number of benzene rings is 2. The number of sulfonamides is 1. The van der Waals surface area contributed by atoms with E-state index in [2.05, 4.69) is 4.98 Å². The topological polar surface area (TPSA) is 157 Å². The summed E-state index contributed by atoms with van der Waals surface area (Å²) in [6.07, 6.45) is 1.75. The predicted octanol–water partition coefficient (Wildman–Crippen LogP) is 2.51. The van der Waals surface area contributed by atoms with Crippen LogP contribution in [-0.4, -0.2) is 35.5 Å². The van der Waals surface area contributed by atoms with Gasteiger partial charge in [0.25, 0.3) is 0 Å². The number of imidazole rings is 1. The summed E-state index contributed by atoms with van der Waals surface area (Å²) in [6, 6.07) is 10.1. The Morgan fingerprint density at radius 2 is 2.00 bits per heavy atom. The van der Waals surface area contributed by atoms with Crippen molar-refractivity contribution in [3.05, 3.63) is 58.4 Å². The van der Waals surface area contributed by atoms with Crippen LogP contribution >= 0.6 is 0 Å². The average molecular weight is 462 g/mol. The van der Waals surface area contributed by atoms with Crippen LogP contribution in [0.3, 0.4) is 0 Å². The minimum Gasteiger partial charge on any atom is -0.475 e. The van der Waals surface area contributed by atoms with Gasteiger partial charge in [-0.05, 0) is 30.7 Å². The third kappa shape index (κ3) is 5.39. The minimum absolute atomic E-state index is 0.0415. The maximum atomic E-state index is 12.1. The first-order chi connectivity index (χ1) is 15.2. The van der Waals surface area contributed by atoms with Crippen LogP contribution in [-0.2, 0) is 32.7 Å². The van der Waals surface area contributed by atoms with Crippen LogP contribution in [0.2, 0.25) is 0 Å². The minimum atomic E-state index is -3.88. The quantitative estimate of drug-likeness (QED) is 0.273. The Bertz CT molecular complexity index is 1250. The van der Waals surface area contributed by atoms with E-state index in [4.69, 9.17) is 14.6 Å². The number of rotatable bonds is 10. The molecule has 170 valence electrons. The fraction of sp³-hybridized carbons (Fsp3) is 0.300. The van der Waals surface area contributed by atoms with Crippen molar-refractivity contribution in [3.8, 4) is 5.75 Å². The van der Waals surface area contributed by atoms with Crippen molar-refractivity contribution in [2.75, 3.05) is 6.61 Å². The number of carbonyl (C=O) groups excluding carboxylic acids is 1. The van der Waals surface area contributed by atoms with E-state index in [1.807, 2.05) is 11.5 Å². The number of aromatic nitrogens is 2. The molecular weight excluding hydrogens is 440 g/mol. The van der Waals surface area contributed by atoms with Gasteiger partial charge in [-0.1, -0.05) is 25.5 Å². The van der Waals surface area contributed by atoms with Gasteiger partial charge in [0.05, 0.1) is 20.9 Å². The summed E-state index contributed by atoms with van der Waals surface area (Å²) >= 11 is 0. The number of nitrogens with two attached hydrogens (primary N) is 1. The summed E-state index contributed by atoms with van der Waals surface area (Å²) in [4.78, 5) is 26.9. The number of para-hydroxylation sites is 2. The lowest BCUT2D eigenvalue weighted by molar-refractivity contribution is -0.385. The molecule has 1 aromatic heterocycles. The molecule has 3 rings (SSSR count). The van der Waals surface area contributed by atoms with Gasteiger partial charge in [-0.15, -0.1) is 0 Å². The van der Waals surface area contributed by atoms with E-state index in [0.29, 0.717) is 23.4 Å². The number of aryl methyl sites for hydroxylation is 1. The molecular formula is C20H22N4O7S. The first kappa shape index (κ1) is 23.2. The van der Waals surface area contributed by atoms with Gasteiger partial charge in [-0.2, -0.15) is 0 Å². The largest absolute Gasteiger partial charge is 0.475 e. The van der Waals surface area contributed by atoms with Crippen LogP contribution in [0.5, 0.6) is 5.75 Å². The highest BCUT2D eigenvalue weighted by molar-refractivity contribution is 7.89. The molecule has 0 aliphatic rings. The summed E-state index contributed by atoms with van der Waals surface area (Å²) in [6.45, 7) is 1.93. The Balaban J connectivity index is 1.74. The number of ether oxygens (including phenoxy) is 2.